The molecule has 3 N–H and O–H groups in total. The molecule has 0 fully saturated rings. The molecule has 0 aliphatic heterocycles. The highest BCUT2D eigenvalue weighted by Crippen LogP contribution is 2.25. The first-order valence-electron chi connectivity index (χ1n) is 6.41. The van der Waals surface area contributed by atoms with Crippen molar-refractivity contribution < 1.29 is 19.0 Å². The van der Waals surface area contributed by atoms with Crippen LogP contribution in [0, 0.1) is 0 Å². The molecule has 0 bridgehead atoms. The number of carbonyl (C=O) groups excluding carboxylic acids is 1. The molecule has 0 radical (unpaired) electrons. The number of methoxy groups -OCH3 is 2. The average Bonchev–Trinajstić information content (AvgIpc) is 2.44. The Labute approximate surface area is 119 Å². The third-order valence-electron chi connectivity index (χ3n) is 2.77. The lowest BCUT2D eigenvalue weighted by atomic mass is 10.2. The van der Waals surface area contributed by atoms with Gasteiger partial charge < -0.3 is 25.3 Å². The number of benzene rings is 1. The van der Waals surface area contributed by atoms with Gasteiger partial charge in [-0.25, -0.2) is 0 Å². The van der Waals surface area contributed by atoms with E-state index in [0.717, 1.165) is 17.9 Å². The molecular formula is C14H22N2O4. The molecule has 0 heterocycles. The van der Waals surface area contributed by atoms with Gasteiger partial charge in [0.05, 0.1) is 13.7 Å². The number of primary amides is 1. The summed E-state index contributed by atoms with van der Waals surface area (Å²) in [6.07, 6.45) is -0.680. The number of hydrogen-bond donors (Lipinski definition) is 2. The van der Waals surface area contributed by atoms with Gasteiger partial charge in [0.2, 0.25) is 0 Å². The Bertz CT molecular complexity index is 437. The Balaban J connectivity index is 2.77. The smallest absolute Gasteiger partial charge is 0.258 e. The van der Waals surface area contributed by atoms with Crippen LogP contribution < -0.4 is 20.5 Å². The van der Waals surface area contributed by atoms with Crippen molar-refractivity contribution in [1.29, 1.82) is 0 Å². The van der Waals surface area contributed by atoms with E-state index in [1.807, 2.05) is 6.07 Å². The highest BCUT2D eigenvalue weighted by atomic mass is 16.5. The van der Waals surface area contributed by atoms with E-state index < -0.39 is 12.0 Å². The molecule has 0 aliphatic rings. The topological polar surface area (TPSA) is 82.8 Å². The number of rotatable bonds is 9. The molecule has 0 aliphatic carbocycles. The van der Waals surface area contributed by atoms with Crippen LogP contribution in [0.1, 0.15) is 12.5 Å². The van der Waals surface area contributed by atoms with Gasteiger partial charge >= 0.3 is 0 Å². The molecule has 0 aromatic heterocycles. The monoisotopic (exact) mass is 282 g/mol. The largest absolute Gasteiger partial charge is 0.497 e. The summed E-state index contributed by atoms with van der Waals surface area (Å²) in [5.41, 5.74) is 6.11. The van der Waals surface area contributed by atoms with Crippen LogP contribution in [0.15, 0.2) is 18.2 Å². The third-order valence-corrected chi connectivity index (χ3v) is 2.77. The molecule has 1 rings (SSSR count). The number of amides is 1. The SMILES string of the molecule is COCCNCc1cc(OC)ccc1OC(C)C(N)=O. The Morgan fingerprint density at radius 1 is 1.40 bits per heavy atom. The van der Waals surface area contributed by atoms with E-state index in [9.17, 15) is 4.79 Å². The molecule has 0 saturated carbocycles. The summed E-state index contributed by atoms with van der Waals surface area (Å²) in [4.78, 5) is 11.1. The fraction of sp³-hybridized carbons (Fsp3) is 0.500. The second kappa shape index (κ2) is 8.39. The van der Waals surface area contributed by atoms with Crippen molar-refractivity contribution in [2.75, 3.05) is 27.4 Å². The van der Waals surface area contributed by atoms with Gasteiger partial charge in [0, 0.05) is 25.8 Å². The van der Waals surface area contributed by atoms with E-state index >= 15 is 0 Å². The van der Waals surface area contributed by atoms with Gasteiger partial charge in [-0.3, -0.25) is 4.79 Å². The molecule has 20 heavy (non-hydrogen) atoms. The molecule has 1 unspecified atom stereocenters. The van der Waals surface area contributed by atoms with E-state index in [4.69, 9.17) is 19.9 Å². The van der Waals surface area contributed by atoms with Gasteiger partial charge in [0.1, 0.15) is 11.5 Å². The standard InChI is InChI=1S/C14H22N2O4/c1-10(14(15)17)20-13-5-4-12(19-3)8-11(13)9-16-6-7-18-2/h4-5,8,10,16H,6-7,9H2,1-3H3,(H2,15,17). The van der Waals surface area contributed by atoms with Crippen molar-refractivity contribution in [1.82, 2.24) is 5.32 Å². The van der Waals surface area contributed by atoms with Crippen LogP contribution in [0.25, 0.3) is 0 Å². The van der Waals surface area contributed by atoms with E-state index in [0.29, 0.717) is 18.9 Å². The first-order chi connectivity index (χ1) is 9.58. The van der Waals surface area contributed by atoms with E-state index in [-0.39, 0.29) is 0 Å². The number of hydrogen-bond acceptors (Lipinski definition) is 5. The minimum absolute atomic E-state index is 0.501. The van der Waals surface area contributed by atoms with Crippen LogP contribution in [0.4, 0.5) is 0 Å². The molecular weight excluding hydrogens is 260 g/mol. The summed E-state index contributed by atoms with van der Waals surface area (Å²) >= 11 is 0. The third kappa shape index (κ3) is 5.07. The molecule has 1 amide bonds. The predicted molar refractivity (Wildman–Crippen MR) is 75.9 cm³/mol. The summed E-state index contributed by atoms with van der Waals surface area (Å²) in [5, 5.41) is 3.22. The fourth-order valence-electron chi connectivity index (χ4n) is 1.58. The van der Waals surface area contributed by atoms with Crippen LogP contribution in [-0.2, 0) is 16.1 Å². The van der Waals surface area contributed by atoms with E-state index in [2.05, 4.69) is 5.32 Å². The van der Waals surface area contributed by atoms with Gasteiger partial charge in [-0.15, -0.1) is 0 Å². The highest BCUT2D eigenvalue weighted by Gasteiger charge is 2.13. The Hall–Kier alpha value is -1.79. The number of nitrogens with two attached hydrogens (primary N) is 1. The average molecular weight is 282 g/mol. The van der Waals surface area contributed by atoms with E-state index in [1.54, 1.807) is 33.3 Å². The van der Waals surface area contributed by atoms with Crippen LogP contribution >= 0.6 is 0 Å². The highest BCUT2D eigenvalue weighted by molar-refractivity contribution is 5.78. The van der Waals surface area contributed by atoms with Crippen LogP contribution in [0.5, 0.6) is 11.5 Å². The Kier molecular flexibility index (Phi) is 6.83. The predicted octanol–water partition coefficient (Wildman–Crippen LogP) is 0.684. The first-order valence-corrected chi connectivity index (χ1v) is 6.41. The lowest BCUT2D eigenvalue weighted by molar-refractivity contribution is -0.124. The summed E-state index contributed by atoms with van der Waals surface area (Å²) in [6.45, 7) is 3.55. The fourth-order valence-corrected chi connectivity index (χ4v) is 1.58. The molecule has 1 aromatic rings. The molecule has 1 atom stereocenters. The molecule has 0 saturated heterocycles. The van der Waals surface area contributed by atoms with Crippen molar-refractivity contribution >= 4 is 5.91 Å². The normalized spacial score (nSPS) is 11.9. The van der Waals surface area contributed by atoms with Gasteiger partial charge in [-0.2, -0.15) is 0 Å². The molecule has 1 aromatic carbocycles. The van der Waals surface area contributed by atoms with Crippen molar-refractivity contribution in [2.45, 2.75) is 19.6 Å². The number of ether oxygens (including phenoxy) is 3. The van der Waals surface area contributed by atoms with Gasteiger partial charge in [-0.05, 0) is 25.1 Å². The molecule has 0 spiro atoms. The second-order valence-electron chi connectivity index (χ2n) is 4.31. The molecule has 6 nitrogen and oxygen atoms in total. The zero-order valence-corrected chi connectivity index (χ0v) is 12.1. The van der Waals surface area contributed by atoms with Crippen molar-refractivity contribution in [3.63, 3.8) is 0 Å². The maximum Gasteiger partial charge on any atom is 0.258 e. The summed E-state index contributed by atoms with van der Waals surface area (Å²) in [6, 6.07) is 5.41. The quantitative estimate of drug-likeness (QED) is 0.651. The maximum atomic E-state index is 11.1. The van der Waals surface area contributed by atoms with Crippen molar-refractivity contribution in [3.05, 3.63) is 23.8 Å². The number of nitrogens with one attached hydrogen (secondary N) is 1. The zero-order chi connectivity index (χ0) is 15.0. The lowest BCUT2D eigenvalue weighted by Crippen LogP contribution is -2.31. The summed E-state index contributed by atoms with van der Waals surface area (Å²) in [7, 11) is 3.25. The van der Waals surface area contributed by atoms with Crippen LogP contribution in [0.2, 0.25) is 0 Å². The minimum Gasteiger partial charge on any atom is -0.497 e. The van der Waals surface area contributed by atoms with Crippen LogP contribution in [-0.4, -0.2) is 39.4 Å². The summed E-state index contributed by atoms with van der Waals surface area (Å²) < 4.78 is 15.7. The molecule has 112 valence electrons. The zero-order valence-electron chi connectivity index (χ0n) is 12.1. The Morgan fingerprint density at radius 3 is 2.75 bits per heavy atom. The van der Waals surface area contributed by atoms with Crippen LogP contribution in [0.3, 0.4) is 0 Å². The Morgan fingerprint density at radius 2 is 2.15 bits per heavy atom. The van der Waals surface area contributed by atoms with Crippen molar-refractivity contribution in [3.8, 4) is 11.5 Å². The minimum atomic E-state index is -0.680. The van der Waals surface area contributed by atoms with E-state index in [1.165, 1.54) is 0 Å². The molecule has 6 heteroatoms. The summed E-state index contributed by atoms with van der Waals surface area (Å²) in [5.74, 6) is 0.841. The maximum absolute atomic E-state index is 11.1. The van der Waals surface area contributed by atoms with Gasteiger partial charge in [0.15, 0.2) is 6.10 Å². The lowest BCUT2D eigenvalue weighted by Gasteiger charge is -2.16. The number of carbonyl (C=O) groups is 1. The second-order valence-corrected chi connectivity index (χ2v) is 4.31. The van der Waals surface area contributed by atoms with Crippen molar-refractivity contribution in [2.24, 2.45) is 5.73 Å². The van der Waals surface area contributed by atoms with Gasteiger partial charge in [-0.1, -0.05) is 0 Å². The first kappa shape index (κ1) is 16.3. The van der Waals surface area contributed by atoms with Gasteiger partial charge in [0.25, 0.3) is 5.91 Å².